The van der Waals surface area contributed by atoms with Gasteiger partial charge in [-0.15, -0.1) is 0 Å². The minimum absolute atomic E-state index is 0.156. The van der Waals surface area contributed by atoms with E-state index in [1.165, 1.54) is 12.1 Å². The Balaban J connectivity index is 1.60. The van der Waals surface area contributed by atoms with Crippen molar-refractivity contribution in [3.05, 3.63) is 106 Å². The molecule has 2 aliphatic carbocycles. The van der Waals surface area contributed by atoms with E-state index >= 15 is 0 Å². The van der Waals surface area contributed by atoms with Crippen molar-refractivity contribution in [1.82, 2.24) is 4.90 Å². The number of halogens is 3. The molecule has 1 fully saturated rings. The predicted octanol–water partition coefficient (Wildman–Crippen LogP) is 4.98. The first kappa shape index (κ1) is 21.9. The Labute approximate surface area is 199 Å². The van der Waals surface area contributed by atoms with E-state index in [9.17, 15) is 27.6 Å². The summed E-state index contributed by atoms with van der Waals surface area (Å²) >= 11 is 0. The van der Waals surface area contributed by atoms with Crippen molar-refractivity contribution < 1.29 is 27.6 Å². The fraction of sp³-hybridized carbons (Fsp3) is 0.250. The van der Waals surface area contributed by atoms with Crippen LogP contribution in [-0.4, -0.2) is 41.4 Å². The topological polar surface area (TPSA) is 54.5 Å². The maximum absolute atomic E-state index is 14.3. The summed E-state index contributed by atoms with van der Waals surface area (Å²) in [7, 11) is 1.66. The molecule has 1 aliphatic heterocycles. The highest BCUT2D eigenvalue weighted by Crippen LogP contribution is 2.63. The van der Waals surface area contributed by atoms with Crippen LogP contribution in [0.2, 0.25) is 0 Å². The fourth-order valence-corrected chi connectivity index (χ4v) is 6.67. The number of carbonyl (C=O) groups is 3. The number of fused-ring (bicyclic) bond motifs is 3. The van der Waals surface area contributed by atoms with Gasteiger partial charge in [-0.1, -0.05) is 60.7 Å². The van der Waals surface area contributed by atoms with Crippen LogP contribution in [0.5, 0.6) is 0 Å². The monoisotopic (exact) mass is 475 g/mol. The molecule has 0 amide bonds. The molecule has 0 aromatic heterocycles. The number of likely N-dealkylation sites (tertiary alicyclic amines) is 1. The Bertz CT molecular complexity index is 1390. The average molecular weight is 475 g/mol. The summed E-state index contributed by atoms with van der Waals surface area (Å²) in [5, 5.41) is 0. The third-order valence-corrected chi connectivity index (χ3v) is 8.12. The molecule has 3 aromatic rings. The number of hydrogen-bond donors (Lipinski definition) is 0. The molecule has 2 spiro atoms. The molecule has 6 rings (SSSR count). The molecule has 176 valence electrons. The second-order valence-corrected chi connectivity index (χ2v) is 9.60. The van der Waals surface area contributed by atoms with Gasteiger partial charge in [0.05, 0.1) is 11.0 Å². The molecular formula is C28H20F3NO3. The molecule has 35 heavy (non-hydrogen) atoms. The Morgan fingerprint density at radius 1 is 0.771 bits per heavy atom. The van der Waals surface area contributed by atoms with Crippen molar-refractivity contribution in [3.8, 4) is 0 Å². The van der Waals surface area contributed by atoms with Gasteiger partial charge in [-0.25, -0.2) is 0 Å². The first-order valence-electron chi connectivity index (χ1n) is 11.3. The van der Waals surface area contributed by atoms with Gasteiger partial charge in [0.2, 0.25) is 0 Å². The second-order valence-electron chi connectivity index (χ2n) is 9.60. The first-order chi connectivity index (χ1) is 16.6. The number of alkyl halides is 3. The largest absolute Gasteiger partial charge is 0.416 e. The molecule has 3 aromatic carbocycles. The fourth-order valence-electron chi connectivity index (χ4n) is 6.67. The van der Waals surface area contributed by atoms with E-state index in [0.29, 0.717) is 11.1 Å². The molecule has 1 saturated heterocycles. The first-order valence-corrected chi connectivity index (χ1v) is 11.3. The van der Waals surface area contributed by atoms with Gasteiger partial charge >= 0.3 is 6.18 Å². The van der Waals surface area contributed by atoms with E-state index in [4.69, 9.17) is 0 Å². The molecule has 1 heterocycles. The smallest absolute Gasteiger partial charge is 0.293 e. The van der Waals surface area contributed by atoms with Gasteiger partial charge in [0.25, 0.3) is 0 Å². The Kier molecular flexibility index (Phi) is 4.37. The molecule has 2 unspecified atom stereocenters. The minimum Gasteiger partial charge on any atom is -0.293 e. The van der Waals surface area contributed by atoms with Gasteiger partial charge in [0.15, 0.2) is 22.9 Å². The van der Waals surface area contributed by atoms with Gasteiger partial charge in [0.1, 0.15) is 0 Å². The zero-order valence-electron chi connectivity index (χ0n) is 18.7. The van der Waals surface area contributed by atoms with Crippen LogP contribution >= 0.6 is 0 Å². The summed E-state index contributed by atoms with van der Waals surface area (Å²) in [6.45, 7) is 0.177. The van der Waals surface area contributed by atoms with E-state index in [1.54, 1.807) is 54.4 Å². The third kappa shape index (κ3) is 2.54. The maximum atomic E-state index is 14.3. The van der Waals surface area contributed by atoms with Crippen LogP contribution in [0.25, 0.3) is 0 Å². The Hall–Kier alpha value is -3.58. The SMILES string of the molecule is CN1CC(c2ccc(C(F)(F)F)cc2)C2(Cc3ccccc3C2=O)C12C(=O)c1ccccc1C2=O. The summed E-state index contributed by atoms with van der Waals surface area (Å²) in [6, 6.07) is 18.3. The predicted molar refractivity (Wildman–Crippen MR) is 122 cm³/mol. The van der Waals surface area contributed by atoms with Gasteiger partial charge in [-0.2, -0.15) is 13.2 Å². The van der Waals surface area contributed by atoms with Crippen molar-refractivity contribution in [2.24, 2.45) is 5.41 Å². The number of hydrogen-bond acceptors (Lipinski definition) is 4. The molecule has 0 saturated carbocycles. The minimum atomic E-state index is -4.50. The van der Waals surface area contributed by atoms with Crippen molar-refractivity contribution in [2.45, 2.75) is 24.1 Å². The number of carbonyl (C=O) groups excluding carboxylic acids is 3. The van der Waals surface area contributed by atoms with Crippen LogP contribution in [0, 0.1) is 5.41 Å². The Morgan fingerprint density at radius 2 is 1.31 bits per heavy atom. The van der Waals surface area contributed by atoms with Gasteiger partial charge in [-0.3, -0.25) is 19.3 Å². The molecule has 7 heteroatoms. The second kappa shape index (κ2) is 6.98. The quantitative estimate of drug-likeness (QED) is 0.466. The summed E-state index contributed by atoms with van der Waals surface area (Å²) in [4.78, 5) is 44.1. The van der Waals surface area contributed by atoms with Gasteiger partial charge < -0.3 is 0 Å². The lowest BCUT2D eigenvalue weighted by Crippen LogP contribution is -2.63. The summed E-state index contributed by atoms with van der Waals surface area (Å²) in [5.41, 5.74) is -1.78. The van der Waals surface area contributed by atoms with E-state index < -0.39 is 40.2 Å². The Morgan fingerprint density at radius 3 is 1.86 bits per heavy atom. The van der Waals surface area contributed by atoms with Crippen LogP contribution in [0.3, 0.4) is 0 Å². The van der Waals surface area contributed by atoms with Crippen LogP contribution in [0.1, 0.15) is 53.7 Å². The van der Waals surface area contributed by atoms with Crippen LogP contribution < -0.4 is 0 Å². The normalized spacial score (nSPS) is 25.0. The highest BCUT2D eigenvalue weighted by molar-refractivity contribution is 6.36. The summed E-state index contributed by atoms with van der Waals surface area (Å²) in [6.07, 6.45) is -4.34. The molecule has 0 N–H and O–H groups in total. The lowest BCUT2D eigenvalue weighted by Gasteiger charge is -2.42. The van der Waals surface area contributed by atoms with E-state index in [1.807, 2.05) is 6.07 Å². The van der Waals surface area contributed by atoms with E-state index in [0.717, 1.165) is 17.7 Å². The molecule has 3 aliphatic rings. The van der Waals surface area contributed by atoms with Crippen LogP contribution in [-0.2, 0) is 12.6 Å². The van der Waals surface area contributed by atoms with E-state index in [-0.39, 0.29) is 29.9 Å². The molecule has 0 bridgehead atoms. The van der Waals surface area contributed by atoms with Gasteiger partial charge in [0, 0.05) is 29.2 Å². The number of nitrogens with zero attached hydrogens (tertiary/aromatic N) is 1. The van der Waals surface area contributed by atoms with Crippen molar-refractivity contribution in [1.29, 1.82) is 0 Å². The number of ketones is 3. The summed E-state index contributed by atoms with van der Waals surface area (Å²) < 4.78 is 39.7. The lowest BCUT2D eigenvalue weighted by atomic mass is 9.59. The van der Waals surface area contributed by atoms with Crippen molar-refractivity contribution in [3.63, 3.8) is 0 Å². The molecular weight excluding hydrogens is 455 g/mol. The van der Waals surface area contributed by atoms with Crippen molar-refractivity contribution in [2.75, 3.05) is 13.6 Å². The highest BCUT2D eigenvalue weighted by atomic mass is 19.4. The molecule has 2 atom stereocenters. The number of likely N-dealkylation sites (N-methyl/N-ethyl adjacent to an activating group) is 1. The molecule has 0 radical (unpaired) electrons. The van der Waals surface area contributed by atoms with Crippen LogP contribution in [0.15, 0.2) is 72.8 Å². The number of Topliss-reactive ketones (excluding diaryl/α,β-unsaturated/α-hetero) is 3. The average Bonchev–Trinajstić information content (AvgIpc) is 3.38. The van der Waals surface area contributed by atoms with Crippen molar-refractivity contribution >= 4 is 17.3 Å². The highest BCUT2D eigenvalue weighted by Gasteiger charge is 2.77. The van der Waals surface area contributed by atoms with E-state index in [2.05, 4.69) is 0 Å². The zero-order valence-corrected chi connectivity index (χ0v) is 18.7. The maximum Gasteiger partial charge on any atom is 0.416 e. The summed E-state index contributed by atoms with van der Waals surface area (Å²) in [5.74, 6) is -1.80. The zero-order chi connectivity index (χ0) is 24.8. The van der Waals surface area contributed by atoms with Crippen LogP contribution in [0.4, 0.5) is 13.2 Å². The number of benzene rings is 3. The third-order valence-electron chi connectivity index (χ3n) is 8.12. The number of rotatable bonds is 1. The standard InChI is InChI=1S/C28H20F3NO3/c1-32-15-22(16-10-12-18(13-11-16)28(29,30)31)26(14-17-6-2-3-7-19(17)23(26)33)27(32)24(34)20-8-4-5-9-21(20)25(27)35/h2-13,22H,14-15H2,1H3. The molecule has 4 nitrogen and oxygen atoms in total. The lowest BCUT2D eigenvalue weighted by molar-refractivity contribution is -0.137. The van der Waals surface area contributed by atoms with Gasteiger partial charge in [-0.05, 0) is 36.7 Å².